The quantitative estimate of drug-likeness (QED) is 0.184. The van der Waals surface area contributed by atoms with E-state index in [0.717, 1.165) is 66.2 Å². The Labute approximate surface area is 240 Å². The van der Waals surface area contributed by atoms with Crippen LogP contribution in [0, 0.1) is 5.82 Å². The van der Waals surface area contributed by atoms with Crippen molar-refractivity contribution in [2.24, 2.45) is 0 Å². The summed E-state index contributed by atoms with van der Waals surface area (Å²) in [5.41, 5.74) is 4.28. The summed E-state index contributed by atoms with van der Waals surface area (Å²) < 4.78 is 37.2. The summed E-state index contributed by atoms with van der Waals surface area (Å²) in [7, 11) is 0. The van der Waals surface area contributed by atoms with Crippen molar-refractivity contribution < 1.29 is 28.1 Å². The Morgan fingerprint density at radius 1 is 0.976 bits per heavy atom. The van der Waals surface area contributed by atoms with Gasteiger partial charge in [-0.3, -0.25) is 4.90 Å². The number of nitrogens with one attached hydrogen (secondary N) is 1. The Hall–Kier alpha value is -3.82. The van der Waals surface area contributed by atoms with Crippen molar-refractivity contribution in [1.29, 1.82) is 0 Å². The number of aliphatic hydroxyl groups excluding tert-OH is 1. The number of likely N-dealkylation sites (tertiary alicyclic amines) is 1. The first-order valence-corrected chi connectivity index (χ1v) is 14.4. The van der Waals surface area contributed by atoms with Gasteiger partial charge in [0, 0.05) is 44.8 Å². The second-order valence-electron chi connectivity index (χ2n) is 10.1. The van der Waals surface area contributed by atoms with Crippen LogP contribution >= 0.6 is 0 Å². The fourth-order valence-corrected chi connectivity index (χ4v) is 5.16. The highest BCUT2D eigenvalue weighted by Crippen LogP contribution is 2.40. The molecular weight excluding hydrogens is 525 g/mol. The normalized spacial score (nSPS) is 14.3. The third-order valence-corrected chi connectivity index (χ3v) is 7.11. The molecule has 0 atom stereocenters. The predicted molar refractivity (Wildman–Crippen MR) is 157 cm³/mol. The second-order valence-corrected chi connectivity index (χ2v) is 10.1. The average molecular weight is 564 g/mol. The van der Waals surface area contributed by atoms with Crippen LogP contribution in [0.1, 0.15) is 38.7 Å². The summed E-state index contributed by atoms with van der Waals surface area (Å²) in [6.07, 6.45) is 2.50. The molecule has 1 saturated heterocycles. The van der Waals surface area contributed by atoms with Crippen LogP contribution in [-0.2, 0) is 6.54 Å². The Balaban J connectivity index is 1.22. The SMILES string of the molecule is CCOc1cc(CN2CCC(Nc3nc4cc(OCCCO)ccc4o3)CC2)cc(OCC)c1-c1ccc(F)cc1. The minimum absolute atomic E-state index is 0.103. The number of halogens is 1. The maximum Gasteiger partial charge on any atom is 0.295 e. The van der Waals surface area contributed by atoms with Gasteiger partial charge in [0.15, 0.2) is 5.58 Å². The van der Waals surface area contributed by atoms with Crippen molar-refractivity contribution in [3.8, 4) is 28.4 Å². The summed E-state index contributed by atoms with van der Waals surface area (Å²) in [5.74, 6) is 1.93. The number of aliphatic hydroxyl groups is 1. The molecule has 0 spiro atoms. The van der Waals surface area contributed by atoms with Crippen molar-refractivity contribution in [3.63, 3.8) is 0 Å². The maximum absolute atomic E-state index is 13.6. The Morgan fingerprint density at radius 2 is 1.68 bits per heavy atom. The molecule has 0 radical (unpaired) electrons. The molecule has 0 bridgehead atoms. The zero-order valence-corrected chi connectivity index (χ0v) is 23.7. The number of fused-ring (bicyclic) bond motifs is 1. The molecule has 5 rings (SSSR count). The van der Waals surface area contributed by atoms with E-state index in [9.17, 15) is 4.39 Å². The van der Waals surface area contributed by atoms with Crippen molar-refractivity contribution in [1.82, 2.24) is 9.88 Å². The lowest BCUT2D eigenvalue weighted by Gasteiger charge is -2.32. The number of piperidine rings is 1. The predicted octanol–water partition coefficient (Wildman–Crippen LogP) is 6.27. The molecule has 218 valence electrons. The molecule has 0 amide bonds. The van der Waals surface area contributed by atoms with Gasteiger partial charge in [-0.15, -0.1) is 0 Å². The van der Waals surface area contributed by atoms with Gasteiger partial charge in [0.2, 0.25) is 0 Å². The standard InChI is InChI=1S/C32H38FN3O5/c1-3-38-29-18-22(19-30(39-4-2)31(29)23-6-8-24(33)9-7-23)21-36-14-12-25(13-15-36)34-32-35-27-20-26(40-17-5-16-37)10-11-28(27)41-32/h6-11,18-20,25,37H,3-5,12-17,21H2,1-2H3,(H,34,35). The number of rotatable bonds is 13. The van der Waals surface area contributed by atoms with Crippen LogP contribution in [0.15, 0.2) is 59.0 Å². The van der Waals surface area contributed by atoms with E-state index in [1.54, 1.807) is 12.1 Å². The minimum atomic E-state index is -0.274. The molecule has 0 saturated carbocycles. The maximum atomic E-state index is 13.6. The molecular formula is C32H38FN3O5. The lowest BCUT2D eigenvalue weighted by atomic mass is 9.99. The van der Waals surface area contributed by atoms with E-state index >= 15 is 0 Å². The highest BCUT2D eigenvalue weighted by atomic mass is 19.1. The monoisotopic (exact) mass is 563 g/mol. The molecule has 9 heteroatoms. The number of ether oxygens (including phenoxy) is 3. The van der Waals surface area contributed by atoms with Gasteiger partial charge in [-0.2, -0.15) is 4.98 Å². The summed E-state index contributed by atoms with van der Waals surface area (Å²) in [6.45, 7) is 8.15. The molecule has 2 heterocycles. The lowest BCUT2D eigenvalue weighted by Crippen LogP contribution is -2.38. The molecule has 8 nitrogen and oxygen atoms in total. The fourth-order valence-electron chi connectivity index (χ4n) is 5.16. The van der Waals surface area contributed by atoms with Crippen molar-refractivity contribution in [2.75, 3.05) is 44.8 Å². The topological polar surface area (TPSA) is 89.2 Å². The Kier molecular flexibility index (Phi) is 9.59. The van der Waals surface area contributed by atoms with Crippen LogP contribution in [0.4, 0.5) is 10.4 Å². The Bertz CT molecular complexity index is 1390. The van der Waals surface area contributed by atoms with Gasteiger partial charge in [-0.1, -0.05) is 12.1 Å². The molecule has 0 aliphatic carbocycles. The van der Waals surface area contributed by atoms with Crippen molar-refractivity contribution in [2.45, 2.75) is 45.7 Å². The van der Waals surface area contributed by atoms with Crippen LogP contribution in [-0.4, -0.2) is 60.5 Å². The van der Waals surface area contributed by atoms with Gasteiger partial charge in [0.1, 0.15) is 28.6 Å². The smallest absolute Gasteiger partial charge is 0.295 e. The van der Waals surface area contributed by atoms with Crippen LogP contribution in [0.2, 0.25) is 0 Å². The molecule has 4 aromatic rings. The minimum Gasteiger partial charge on any atom is -0.493 e. The first-order valence-electron chi connectivity index (χ1n) is 14.4. The summed E-state index contributed by atoms with van der Waals surface area (Å²) >= 11 is 0. The number of anilines is 1. The van der Waals surface area contributed by atoms with E-state index in [-0.39, 0.29) is 18.5 Å². The molecule has 2 N–H and O–H groups in total. The first kappa shape index (κ1) is 28.7. The summed E-state index contributed by atoms with van der Waals surface area (Å²) in [5, 5.41) is 12.4. The number of hydrogen-bond acceptors (Lipinski definition) is 8. The van der Waals surface area contributed by atoms with Gasteiger partial charge >= 0.3 is 0 Å². The summed E-state index contributed by atoms with van der Waals surface area (Å²) in [4.78, 5) is 7.03. The van der Waals surface area contributed by atoms with Crippen molar-refractivity contribution >= 4 is 17.1 Å². The molecule has 0 unspecified atom stereocenters. The largest absolute Gasteiger partial charge is 0.493 e. The van der Waals surface area contributed by atoms with Gasteiger partial charge in [-0.25, -0.2) is 4.39 Å². The lowest BCUT2D eigenvalue weighted by molar-refractivity contribution is 0.209. The third kappa shape index (κ3) is 7.28. The van der Waals surface area contributed by atoms with E-state index in [4.69, 9.17) is 23.7 Å². The Morgan fingerprint density at radius 3 is 2.34 bits per heavy atom. The van der Waals surface area contributed by atoms with Crippen LogP contribution < -0.4 is 19.5 Å². The second kappa shape index (κ2) is 13.7. The van der Waals surface area contributed by atoms with Crippen LogP contribution in [0.25, 0.3) is 22.2 Å². The highest BCUT2D eigenvalue weighted by molar-refractivity contribution is 5.78. The van der Waals surface area contributed by atoms with Gasteiger partial charge < -0.3 is 29.1 Å². The van der Waals surface area contributed by atoms with E-state index in [1.807, 2.05) is 32.0 Å². The molecule has 1 aliphatic heterocycles. The molecule has 1 fully saturated rings. The zero-order valence-electron chi connectivity index (χ0n) is 23.7. The zero-order chi connectivity index (χ0) is 28.6. The molecule has 1 aromatic heterocycles. The van der Waals surface area contributed by atoms with Gasteiger partial charge in [0.05, 0.1) is 25.4 Å². The van der Waals surface area contributed by atoms with Crippen molar-refractivity contribution in [3.05, 3.63) is 66.0 Å². The van der Waals surface area contributed by atoms with E-state index in [2.05, 4.69) is 27.3 Å². The summed E-state index contributed by atoms with van der Waals surface area (Å²) in [6, 6.07) is 16.9. The number of nitrogens with zero attached hydrogens (tertiary/aromatic N) is 2. The number of oxazole rings is 1. The number of hydrogen-bond donors (Lipinski definition) is 2. The molecule has 41 heavy (non-hydrogen) atoms. The number of benzene rings is 3. The van der Waals surface area contributed by atoms with E-state index < -0.39 is 0 Å². The molecule has 1 aliphatic rings. The van der Waals surface area contributed by atoms with Gasteiger partial charge in [-0.05, 0) is 74.2 Å². The third-order valence-electron chi connectivity index (χ3n) is 7.11. The van der Waals surface area contributed by atoms with Crippen LogP contribution in [0.3, 0.4) is 0 Å². The van der Waals surface area contributed by atoms with E-state index in [0.29, 0.717) is 43.6 Å². The number of aromatic nitrogens is 1. The fraction of sp³-hybridized carbons (Fsp3) is 0.406. The van der Waals surface area contributed by atoms with Crippen LogP contribution in [0.5, 0.6) is 17.2 Å². The first-order chi connectivity index (χ1) is 20.1. The average Bonchev–Trinajstić information content (AvgIpc) is 3.37. The van der Waals surface area contributed by atoms with E-state index in [1.165, 1.54) is 12.1 Å². The molecule has 3 aromatic carbocycles. The van der Waals surface area contributed by atoms with Gasteiger partial charge in [0.25, 0.3) is 6.01 Å². The highest BCUT2D eigenvalue weighted by Gasteiger charge is 2.23.